The molecule has 23 heavy (non-hydrogen) atoms. The number of aromatic nitrogens is 1. The summed E-state index contributed by atoms with van der Waals surface area (Å²) in [4.78, 5) is 4.42. The third-order valence-corrected chi connectivity index (χ3v) is 5.68. The molecule has 3 rings (SSSR count). The second-order valence-electron chi connectivity index (χ2n) is 5.46. The first kappa shape index (κ1) is 15.8. The van der Waals surface area contributed by atoms with Crippen LogP contribution in [0.25, 0.3) is 0 Å². The number of piperidine rings is 1. The molecule has 2 heterocycles. The fourth-order valence-electron chi connectivity index (χ4n) is 2.52. The van der Waals surface area contributed by atoms with E-state index in [1.165, 1.54) is 6.20 Å². The quantitative estimate of drug-likeness (QED) is 0.824. The van der Waals surface area contributed by atoms with Crippen LogP contribution in [0.4, 0.5) is 11.5 Å². The maximum atomic E-state index is 12.5. The van der Waals surface area contributed by atoms with Gasteiger partial charge in [-0.3, -0.25) is 10.9 Å². The molecule has 1 aromatic carbocycles. The molecule has 1 aromatic heterocycles. The summed E-state index contributed by atoms with van der Waals surface area (Å²) in [5, 5.41) is 0. The minimum absolute atomic E-state index is 0.240. The molecule has 2 aromatic rings. The predicted octanol–water partition coefficient (Wildman–Crippen LogP) is 2.70. The summed E-state index contributed by atoms with van der Waals surface area (Å²) >= 11 is 0. The number of rotatable bonds is 5. The van der Waals surface area contributed by atoms with Gasteiger partial charge in [0.25, 0.3) is 0 Å². The highest BCUT2D eigenvalue weighted by Crippen LogP contribution is 2.20. The van der Waals surface area contributed by atoms with Gasteiger partial charge in [0.05, 0.1) is 5.69 Å². The van der Waals surface area contributed by atoms with E-state index in [1.807, 2.05) is 30.3 Å². The van der Waals surface area contributed by atoms with Crippen LogP contribution in [-0.2, 0) is 10.0 Å². The molecule has 0 amide bonds. The number of sulfonamides is 1. The Kier molecular flexibility index (Phi) is 4.78. The summed E-state index contributed by atoms with van der Waals surface area (Å²) in [7, 11) is -3.42. The maximum Gasteiger partial charge on any atom is 0.244 e. The highest BCUT2D eigenvalue weighted by molar-refractivity contribution is 7.89. The predicted molar refractivity (Wildman–Crippen MR) is 90.5 cm³/mol. The molecule has 1 aliphatic heterocycles. The maximum absolute atomic E-state index is 12.5. The third kappa shape index (κ3) is 3.80. The number of pyridine rings is 1. The third-order valence-electron chi connectivity index (χ3n) is 3.80. The van der Waals surface area contributed by atoms with Crippen molar-refractivity contribution in [2.24, 2.45) is 0 Å². The molecule has 0 radical (unpaired) electrons. The normalized spacial score (nSPS) is 16.0. The molecule has 1 fully saturated rings. The molecule has 6 nitrogen and oxygen atoms in total. The van der Waals surface area contributed by atoms with Gasteiger partial charge in [0, 0.05) is 19.3 Å². The molecule has 7 heteroatoms. The first-order valence-corrected chi connectivity index (χ1v) is 9.13. The monoisotopic (exact) mass is 332 g/mol. The standard InChI is InChI=1S/C16H20N4O2S/c21-23(22,20-11-5-2-6-12-20)15-9-10-16(17-13-15)19-18-14-7-3-1-4-8-14/h1,3-4,7-10,13,18H,2,5-6,11-12H2,(H,17,19). The zero-order valence-corrected chi connectivity index (χ0v) is 13.6. The topological polar surface area (TPSA) is 74.3 Å². The van der Waals surface area contributed by atoms with Crippen LogP contribution in [0.3, 0.4) is 0 Å². The molecule has 0 unspecified atom stereocenters. The van der Waals surface area contributed by atoms with Crippen molar-refractivity contribution in [2.45, 2.75) is 24.2 Å². The van der Waals surface area contributed by atoms with Crippen LogP contribution in [0, 0.1) is 0 Å². The zero-order chi connectivity index (χ0) is 16.1. The van der Waals surface area contributed by atoms with Crippen molar-refractivity contribution in [3.05, 3.63) is 48.7 Å². The highest BCUT2D eigenvalue weighted by Gasteiger charge is 2.25. The number of nitrogens with zero attached hydrogens (tertiary/aromatic N) is 2. The molecule has 0 saturated carbocycles. The van der Waals surface area contributed by atoms with E-state index in [0.29, 0.717) is 18.9 Å². The molecular weight excluding hydrogens is 312 g/mol. The summed E-state index contributed by atoms with van der Waals surface area (Å²) in [6.07, 6.45) is 4.35. The lowest BCUT2D eigenvalue weighted by molar-refractivity contribution is 0.346. The van der Waals surface area contributed by atoms with E-state index >= 15 is 0 Å². The van der Waals surface area contributed by atoms with Crippen molar-refractivity contribution < 1.29 is 8.42 Å². The van der Waals surface area contributed by atoms with Gasteiger partial charge >= 0.3 is 0 Å². The van der Waals surface area contributed by atoms with Crippen molar-refractivity contribution in [3.63, 3.8) is 0 Å². The Morgan fingerprint density at radius 2 is 1.65 bits per heavy atom. The van der Waals surface area contributed by atoms with Gasteiger partial charge in [-0.15, -0.1) is 0 Å². The van der Waals surface area contributed by atoms with Gasteiger partial charge in [0.2, 0.25) is 10.0 Å². The highest BCUT2D eigenvalue weighted by atomic mass is 32.2. The lowest BCUT2D eigenvalue weighted by Gasteiger charge is -2.25. The van der Waals surface area contributed by atoms with Crippen molar-refractivity contribution >= 4 is 21.5 Å². The number of hydrogen-bond acceptors (Lipinski definition) is 5. The lowest BCUT2D eigenvalue weighted by atomic mass is 10.2. The molecule has 0 aliphatic carbocycles. The minimum atomic E-state index is -3.42. The number of hydrazine groups is 1. The molecule has 1 saturated heterocycles. The van der Waals surface area contributed by atoms with Crippen molar-refractivity contribution in [2.75, 3.05) is 23.9 Å². The summed E-state index contributed by atoms with van der Waals surface area (Å²) in [6, 6.07) is 12.9. The van der Waals surface area contributed by atoms with Gasteiger partial charge in [-0.2, -0.15) is 4.31 Å². The second kappa shape index (κ2) is 6.97. The van der Waals surface area contributed by atoms with E-state index in [-0.39, 0.29) is 4.90 Å². The van der Waals surface area contributed by atoms with Gasteiger partial charge in [-0.1, -0.05) is 24.6 Å². The number of hydrogen-bond donors (Lipinski definition) is 2. The summed E-state index contributed by atoms with van der Waals surface area (Å²) in [5.74, 6) is 0.562. The molecule has 0 bridgehead atoms. The number of para-hydroxylation sites is 1. The second-order valence-corrected chi connectivity index (χ2v) is 7.40. The molecule has 122 valence electrons. The van der Waals surface area contributed by atoms with Crippen LogP contribution in [-0.4, -0.2) is 30.8 Å². The van der Waals surface area contributed by atoms with Gasteiger partial charge in [-0.25, -0.2) is 13.4 Å². The largest absolute Gasteiger partial charge is 0.300 e. The van der Waals surface area contributed by atoms with Crippen molar-refractivity contribution in [1.29, 1.82) is 0 Å². The van der Waals surface area contributed by atoms with E-state index in [1.54, 1.807) is 16.4 Å². The fourth-order valence-corrected chi connectivity index (χ4v) is 3.98. The minimum Gasteiger partial charge on any atom is -0.300 e. The SMILES string of the molecule is O=S(=O)(c1ccc(NNc2ccccc2)nc1)N1CCCCC1. The van der Waals surface area contributed by atoms with E-state index in [2.05, 4.69) is 15.8 Å². The molecule has 0 atom stereocenters. The summed E-state index contributed by atoms with van der Waals surface area (Å²) < 4.78 is 26.6. The van der Waals surface area contributed by atoms with Crippen LogP contribution in [0.15, 0.2) is 53.6 Å². The number of benzene rings is 1. The smallest absolute Gasteiger partial charge is 0.244 e. The van der Waals surface area contributed by atoms with E-state index in [9.17, 15) is 8.42 Å². The lowest BCUT2D eigenvalue weighted by Crippen LogP contribution is -2.35. The van der Waals surface area contributed by atoms with Crippen LogP contribution in [0.2, 0.25) is 0 Å². The zero-order valence-electron chi connectivity index (χ0n) is 12.8. The Morgan fingerprint density at radius 1 is 0.913 bits per heavy atom. The Bertz CT molecular complexity index is 726. The summed E-state index contributed by atoms with van der Waals surface area (Å²) in [5.41, 5.74) is 6.86. The van der Waals surface area contributed by atoms with Crippen molar-refractivity contribution in [3.8, 4) is 0 Å². The fraction of sp³-hybridized carbons (Fsp3) is 0.312. The average molecular weight is 332 g/mol. The Balaban J connectivity index is 1.66. The Hall–Kier alpha value is -2.12. The van der Waals surface area contributed by atoms with Gasteiger partial charge in [0.15, 0.2) is 0 Å². The van der Waals surface area contributed by atoms with Crippen LogP contribution >= 0.6 is 0 Å². The first-order valence-electron chi connectivity index (χ1n) is 7.69. The number of nitrogens with one attached hydrogen (secondary N) is 2. The van der Waals surface area contributed by atoms with Crippen LogP contribution in [0.5, 0.6) is 0 Å². The molecule has 0 spiro atoms. The van der Waals surface area contributed by atoms with E-state index in [4.69, 9.17) is 0 Å². The van der Waals surface area contributed by atoms with Gasteiger partial charge in [0.1, 0.15) is 10.7 Å². The molecule has 2 N–H and O–H groups in total. The molecule has 1 aliphatic rings. The number of anilines is 2. The summed E-state index contributed by atoms with van der Waals surface area (Å²) in [6.45, 7) is 1.19. The van der Waals surface area contributed by atoms with Gasteiger partial charge < -0.3 is 0 Å². The van der Waals surface area contributed by atoms with Crippen molar-refractivity contribution in [1.82, 2.24) is 9.29 Å². The Morgan fingerprint density at radius 3 is 2.30 bits per heavy atom. The van der Waals surface area contributed by atoms with Crippen LogP contribution in [0.1, 0.15) is 19.3 Å². The average Bonchev–Trinajstić information content (AvgIpc) is 2.62. The molecular formula is C16H20N4O2S. The van der Waals surface area contributed by atoms with E-state index < -0.39 is 10.0 Å². The Labute approximate surface area is 136 Å². The van der Waals surface area contributed by atoms with E-state index in [0.717, 1.165) is 24.9 Å². The van der Waals surface area contributed by atoms with Gasteiger partial charge in [-0.05, 0) is 37.1 Å². The van der Waals surface area contributed by atoms with Crippen LogP contribution < -0.4 is 10.9 Å². The first-order chi connectivity index (χ1) is 11.2.